The molecule has 3 aromatic rings. The lowest BCUT2D eigenvalue weighted by Crippen LogP contribution is -2.02. The van der Waals surface area contributed by atoms with E-state index < -0.39 is 34.9 Å². The van der Waals surface area contributed by atoms with E-state index in [0.29, 0.717) is 29.7 Å². The highest BCUT2D eigenvalue weighted by atomic mass is 19.2. The Bertz CT molecular complexity index is 996. The van der Waals surface area contributed by atoms with E-state index in [1.54, 1.807) is 0 Å². The van der Waals surface area contributed by atoms with Crippen LogP contribution >= 0.6 is 0 Å². The van der Waals surface area contributed by atoms with E-state index in [1.165, 1.54) is 24.3 Å². The van der Waals surface area contributed by atoms with Crippen LogP contribution in [0.15, 0.2) is 42.5 Å². The Morgan fingerprint density at radius 2 is 1.17 bits per heavy atom. The molecule has 0 nitrogen and oxygen atoms in total. The summed E-state index contributed by atoms with van der Waals surface area (Å²) in [5.74, 6) is -6.50. The molecule has 6 heteroatoms. The van der Waals surface area contributed by atoms with Gasteiger partial charge in [0.1, 0.15) is 17.5 Å². The van der Waals surface area contributed by atoms with Crippen LogP contribution in [0.1, 0.15) is 30.0 Å². The van der Waals surface area contributed by atoms with E-state index in [1.807, 2.05) is 6.92 Å². The molecule has 3 aromatic carbocycles. The van der Waals surface area contributed by atoms with Crippen molar-refractivity contribution in [2.75, 3.05) is 0 Å². The number of aryl methyl sites for hydroxylation is 2. The highest BCUT2D eigenvalue weighted by molar-refractivity contribution is 5.64. The normalized spacial score (nSPS) is 11.1. The SMILES string of the molecule is CCCc1cc(F)c(CCc2ccc(-c3cc(F)c(F)c(F)c3)c(F)c2)c(F)c1. The fourth-order valence-corrected chi connectivity index (χ4v) is 3.26. The summed E-state index contributed by atoms with van der Waals surface area (Å²) in [6, 6.07) is 7.97. The van der Waals surface area contributed by atoms with Gasteiger partial charge in [0.2, 0.25) is 0 Å². The van der Waals surface area contributed by atoms with Gasteiger partial charge in [-0.3, -0.25) is 0 Å². The van der Waals surface area contributed by atoms with E-state index in [-0.39, 0.29) is 29.5 Å². The second-order valence-corrected chi connectivity index (χ2v) is 6.86. The number of hydrogen-bond acceptors (Lipinski definition) is 0. The minimum atomic E-state index is -1.63. The van der Waals surface area contributed by atoms with Crippen LogP contribution in [0.5, 0.6) is 0 Å². The molecule has 0 N–H and O–H groups in total. The molecule has 0 atom stereocenters. The lowest BCUT2D eigenvalue weighted by Gasteiger charge is -2.10. The number of halogens is 6. The zero-order chi connectivity index (χ0) is 21.1. The van der Waals surface area contributed by atoms with Crippen LogP contribution in [0.3, 0.4) is 0 Å². The van der Waals surface area contributed by atoms with Gasteiger partial charge in [-0.2, -0.15) is 0 Å². The fraction of sp³-hybridized carbons (Fsp3) is 0.217. The number of hydrogen-bond donors (Lipinski definition) is 0. The fourth-order valence-electron chi connectivity index (χ4n) is 3.26. The maximum absolute atomic E-state index is 14.4. The molecule has 0 saturated heterocycles. The average Bonchev–Trinajstić information content (AvgIpc) is 2.65. The Balaban J connectivity index is 1.80. The molecule has 0 aliphatic carbocycles. The first-order valence-electron chi connectivity index (χ1n) is 9.20. The summed E-state index contributed by atoms with van der Waals surface area (Å²) in [7, 11) is 0. The molecule has 29 heavy (non-hydrogen) atoms. The van der Waals surface area contributed by atoms with Gasteiger partial charge in [-0.25, -0.2) is 26.3 Å². The summed E-state index contributed by atoms with van der Waals surface area (Å²) in [6.45, 7) is 1.91. The van der Waals surface area contributed by atoms with Crippen LogP contribution in [-0.2, 0) is 19.3 Å². The van der Waals surface area contributed by atoms with Crippen molar-refractivity contribution in [3.05, 3.63) is 94.1 Å². The summed E-state index contributed by atoms with van der Waals surface area (Å²) in [5, 5.41) is 0. The standard InChI is InChI=1S/C23H18F6/c1-2-3-14-9-19(25)17(20(26)10-14)7-5-13-4-6-16(18(24)8-13)15-11-21(27)23(29)22(28)12-15/h4,6,8-12H,2-3,5,7H2,1H3. The zero-order valence-electron chi connectivity index (χ0n) is 15.6. The summed E-state index contributed by atoms with van der Waals surface area (Å²) >= 11 is 0. The van der Waals surface area contributed by atoms with Crippen LogP contribution in [0, 0.1) is 34.9 Å². The molecule has 0 radical (unpaired) electrons. The Hall–Kier alpha value is -2.76. The lowest BCUT2D eigenvalue weighted by molar-refractivity contribution is 0.447. The topological polar surface area (TPSA) is 0 Å². The monoisotopic (exact) mass is 408 g/mol. The minimum absolute atomic E-state index is 0.0304. The van der Waals surface area contributed by atoms with Crippen LogP contribution in [0.2, 0.25) is 0 Å². The molecule has 0 aromatic heterocycles. The first-order valence-corrected chi connectivity index (χ1v) is 9.20. The van der Waals surface area contributed by atoms with Gasteiger partial charge in [0.25, 0.3) is 0 Å². The summed E-state index contributed by atoms with van der Waals surface area (Å²) < 4.78 is 82.7. The molecule has 0 spiro atoms. The second kappa shape index (κ2) is 8.72. The van der Waals surface area contributed by atoms with Crippen molar-refractivity contribution in [3.63, 3.8) is 0 Å². The maximum Gasteiger partial charge on any atom is 0.194 e. The maximum atomic E-state index is 14.4. The highest BCUT2D eigenvalue weighted by Gasteiger charge is 2.15. The van der Waals surface area contributed by atoms with Gasteiger partial charge in [-0.05, 0) is 66.3 Å². The van der Waals surface area contributed by atoms with E-state index in [0.717, 1.165) is 12.5 Å². The van der Waals surface area contributed by atoms with Crippen LogP contribution in [-0.4, -0.2) is 0 Å². The molecular weight excluding hydrogens is 390 g/mol. The van der Waals surface area contributed by atoms with Crippen LogP contribution in [0.25, 0.3) is 11.1 Å². The molecule has 152 valence electrons. The van der Waals surface area contributed by atoms with Crippen molar-refractivity contribution in [1.29, 1.82) is 0 Å². The van der Waals surface area contributed by atoms with Gasteiger partial charge in [0, 0.05) is 11.1 Å². The van der Waals surface area contributed by atoms with E-state index in [2.05, 4.69) is 0 Å². The Labute approximate surface area is 164 Å². The predicted octanol–water partition coefficient (Wildman–Crippen LogP) is 6.93. The summed E-state index contributed by atoms with van der Waals surface area (Å²) in [5.41, 5.74) is 0.727. The van der Waals surface area contributed by atoms with Crippen molar-refractivity contribution in [2.45, 2.75) is 32.6 Å². The molecule has 0 heterocycles. The molecule has 0 unspecified atom stereocenters. The minimum Gasteiger partial charge on any atom is -0.207 e. The van der Waals surface area contributed by atoms with E-state index in [9.17, 15) is 26.3 Å². The van der Waals surface area contributed by atoms with Crippen molar-refractivity contribution in [2.24, 2.45) is 0 Å². The van der Waals surface area contributed by atoms with Crippen LogP contribution in [0.4, 0.5) is 26.3 Å². The molecule has 0 aliphatic rings. The third-order valence-electron chi connectivity index (χ3n) is 4.73. The van der Waals surface area contributed by atoms with Crippen molar-refractivity contribution in [3.8, 4) is 11.1 Å². The zero-order valence-corrected chi connectivity index (χ0v) is 15.6. The molecule has 0 fully saturated rings. The van der Waals surface area contributed by atoms with Crippen molar-refractivity contribution in [1.82, 2.24) is 0 Å². The van der Waals surface area contributed by atoms with Gasteiger partial charge in [-0.15, -0.1) is 0 Å². The van der Waals surface area contributed by atoms with E-state index >= 15 is 0 Å². The quantitative estimate of drug-likeness (QED) is 0.307. The average molecular weight is 408 g/mol. The highest BCUT2D eigenvalue weighted by Crippen LogP contribution is 2.27. The Morgan fingerprint density at radius 1 is 0.586 bits per heavy atom. The molecule has 0 amide bonds. The molecule has 0 aliphatic heterocycles. The Kier molecular flexibility index (Phi) is 6.30. The second-order valence-electron chi connectivity index (χ2n) is 6.86. The van der Waals surface area contributed by atoms with Crippen LogP contribution < -0.4 is 0 Å². The van der Waals surface area contributed by atoms with Crippen molar-refractivity contribution < 1.29 is 26.3 Å². The third kappa shape index (κ3) is 4.63. The first-order chi connectivity index (χ1) is 13.8. The largest absolute Gasteiger partial charge is 0.207 e. The van der Waals surface area contributed by atoms with Gasteiger partial charge in [0.05, 0.1) is 0 Å². The molecule has 3 rings (SSSR count). The molecule has 0 bridgehead atoms. The Morgan fingerprint density at radius 3 is 1.72 bits per heavy atom. The lowest BCUT2D eigenvalue weighted by atomic mass is 9.98. The van der Waals surface area contributed by atoms with Crippen molar-refractivity contribution >= 4 is 0 Å². The summed E-state index contributed by atoms with van der Waals surface area (Å²) in [6.07, 6.45) is 1.55. The molecular formula is C23H18F6. The molecule has 0 saturated carbocycles. The van der Waals surface area contributed by atoms with Gasteiger partial charge < -0.3 is 0 Å². The van der Waals surface area contributed by atoms with E-state index in [4.69, 9.17) is 0 Å². The van der Waals surface area contributed by atoms with Gasteiger partial charge in [0.15, 0.2) is 17.5 Å². The van der Waals surface area contributed by atoms with Gasteiger partial charge >= 0.3 is 0 Å². The number of rotatable bonds is 6. The summed E-state index contributed by atoms with van der Waals surface area (Å²) in [4.78, 5) is 0. The van der Waals surface area contributed by atoms with Gasteiger partial charge in [-0.1, -0.05) is 25.5 Å². The predicted molar refractivity (Wildman–Crippen MR) is 99.5 cm³/mol. The smallest absolute Gasteiger partial charge is 0.194 e. The third-order valence-corrected chi connectivity index (χ3v) is 4.73. The first kappa shape index (κ1) is 21.0. The number of benzene rings is 3.